The number of nitrogens with zero attached hydrogens (tertiary/aromatic N) is 1. The minimum Gasteiger partial charge on any atom is -0.192 e. The molecule has 0 aromatic carbocycles. The third-order valence-corrected chi connectivity index (χ3v) is 2.90. The fourth-order valence-corrected chi connectivity index (χ4v) is 1.74. The van der Waals surface area contributed by atoms with Gasteiger partial charge >= 0.3 is 0 Å². The molecule has 0 unspecified atom stereocenters. The van der Waals surface area contributed by atoms with E-state index in [4.69, 9.17) is 16.9 Å². The van der Waals surface area contributed by atoms with Crippen molar-refractivity contribution < 1.29 is 0 Å². The van der Waals surface area contributed by atoms with Gasteiger partial charge in [0.1, 0.15) is 6.07 Å². The zero-order valence-corrected chi connectivity index (χ0v) is 9.40. The molecular formula is C10H9BrClN. The molecule has 1 aliphatic carbocycles. The Balaban J connectivity index is 2.95. The van der Waals surface area contributed by atoms with E-state index in [0.29, 0.717) is 10.6 Å². The molecule has 0 amide bonds. The second-order valence-electron chi connectivity index (χ2n) is 2.74. The predicted octanol–water partition coefficient (Wildman–Crippen LogP) is 3.67. The highest BCUT2D eigenvalue weighted by Crippen LogP contribution is 2.21. The van der Waals surface area contributed by atoms with Crippen molar-refractivity contribution in [2.24, 2.45) is 0 Å². The van der Waals surface area contributed by atoms with E-state index in [1.165, 1.54) is 5.57 Å². The first-order valence-corrected chi connectivity index (χ1v) is 5.49. The number of hydrogen-bond acceptors (Lipinski definition) is 1. The first kappa shape index (κ1) is 10.6. The maximum atomic E-state index is 8.75. The number of halogens is 2. The molecule has 0 N–H and O–H groups in total. The van der Waals surface area contributed by atoms with Gasteiger partial charge in [0, 0.05) is 5.33 Å². The lowest BCUT2D eigenvalue weighted by Gasteiger charge is -2.04. The van der Waals surface area contributed by atoms with Crippen LogP contribution in [0.1, 0.15) is 12.8 Å². The van der Waals surface area contributed by atoms with Crippen molar-refractivity contribution in [3.05, 3.63) is 34.4 Å². The Morgan fingerprint density at radius 2 is 2.31 bits per heavy atom. The van der Waals surface area contributed by atoms with Crippen molar-refractivity contribution >= 4 is 27.5 Å². The molecule has 0 fully saturated rings. The van der Waals surface area contributed by atoms with Crippen molar-refractivity contribution in [1.29, 1.82) is 5.26 Å². The third kappa shape index (κ3) is 3.02. The minimum absolute atomic E-state index is 0.541. The lowest BCUT2D eigenvalue weighted by Crippen LogP contribution is -1.89. The lowest BCUT2D eigenvalue weighted by molar-refractivity contribution is 0.979. The molecule has 0 aliphatic heterocycles. The monoisotopic (exact) mass is 257 g/mol. The Labute approximate surface area is 91.5 Å². The van der Waals surface area contributed by atoms with E-state index in [0.717, 1.165) is 18.2 Å². The molecule has 1 nitrogen and oxygen atoms in total. The van der Waals surface area contributed by atoms with Crippen LogP contribution in [0.25, 0.3) is 0 Å². The van der Waals surface area contributed by atoms with Gasteiger partial charge in [-0.2, -0.15) is 5.26 Å². The summed E-state index contributed by atoms with van der Waals surface area (Å²) in [7, 11) is 0. The molecule has 0 aromatic heterocycles. The van der Waals surface area contributed by atoms with Gasteiger partial charge in [-0.15, -0.1) is 0 Å². The Morgan fingerprint density at radius 1 is 1.54 bits per heavy atom. The van der Waals surface area contributed by atoms with E-state index in [-0.39, 0.29) is 0 Å². The summed E-state index contributed by atoms with van der Waals surface area (Å²) in [6, 6.07) is 2.07. The molecule has 0 spiro atoms. The van der Waals surface area contributed by atoms with E-state index < -0.39 is 0 Å². The zero-order chi connectivity index (χ0) is 9.68. The number of allylic oxidation sites excluding steroid dienone is 6. The number of rotatable bonds is 1. The summed E-state index contributed by atoms with van der Waals surface area (Å²) in [5, 5.41) is 10.2. The summed E-state index contributed by atoms with van der Waals surface area (Å²) in [5.74, 6) is 0. The van der Waals surface area contributed by atoms with Gasteiger partial charge in [-0.3, -0.25) is 0 Å². The zero-order valence-electron chi connectivity index (χ0n) is 7.06. The first-order chi connectivity index (χ1) is 6.27. The maximum absolute atomic E-state index is 8.75. The standard InChI is InChI=1S/C10H9BrClN/c11-6-8-2-1-3-10(12)9(7-13)5-4-8/h3-5H,1-2,6H2/b8-4+,9-5-,10-3+. The molecule has 0 atom stereocenters. The third-order valence-electron chi connectivity index (χ3n) is 1.82. The predicted molar refractivity (Wildman–Crippen MR) is 58.7 cm³/mol. The molecular weight excluding hydrogens is 249 g/mol. The van der Waals surface area contributed by atoms with Crippen molar-refractivity contribution in [3.8, 4) is 6.07 Å². The van der Waals surface area contributed by atoms with Crippen LogP contribution in [0.3, 0.4) is 0 Å². The Kier molecular flexibility index (Phi) is 4.27. The first-order valence-electron chi connectivity index (χ1n) is 3.99. The van der Waals surface area contributed by atoms with Crippen LogP contribution in [0.4, 0.5) is 0 Å². The van der Waals surface area contributed by atoms with Crippen LogP contribution in [-0.2, 0) is 0 Å². The number of hydrogen-bond donors (Lipinski definition) is 0. The van der Waals surface area contributed by atoms with Gasteiger partial charge in [0.25, 0.3) is 0 Å². The largest absolute Gasteiger partial charge is 0.192 e. The van der Waals surface area contributed by atoms with Crippen LogP contribution in [0, 0.1) is 11.3 Å². The summed E-state index contributed by atoms with van der Waals surface area (Å²) in [6.07, 6.45) is 7.52. The van der Waals surface area contributed by atoms with E-state index in [1.54, 1.807) is 6.08 Å². The van der Waals surface area contributed by atoms with E-state index in [2.05, 4.69) is 22.0 Å². The van der Waals surface area contributed by atoms with Crippen molar-refractivity contribution in [1.82, 2.24) is 0 Å². The fourth-order valence-electron chi connectivity index (χ4n) is 1.06. The van der Waals surface area contributed by atoms with E-state index in [9.17, 15) is 0 Å². The van der Waals surface area contributed by atoms with Crippen molar-refractivity contribution in [3.63, 3.8) is 0 Å². The van der Waals surface area contributed by atoms with Crippen LogP contribution >= 0.6 is 27.5 Å². The summed E-state index contributed by atoms with van der Waals surface area (Å²) >= 11 is 9.27. The summed E-state index contributed by atoms with van der Waals surface area (Å²) in [6.45, 7) is 0. The smallest absolute Gasteiger partial charge is 0.101 e. The lowest BCUT2D eigenvalue weighted by atomic mass is 10.1. The molecule has 3 heteroatoms. The second-order valence-corrected chi connectivity index (χ2v) is 3.71. The molecule has 13 heavy (non-hydrogen) atoms. The van der Waals surface area contributed by atoms with Crippen LogP contribution in [-0.4, -0.2) is 5.33 Å². The molecule has 1 rings (SSSR count). The van der Waals surface area contributed by atoms with E-state index >= 15 is 0 Å². The van der Waals surface area contributed by atoms with Gasteiger partial charge in [-0.1, -0.05) is 45.3 Å². The summed E-state index contributed by atoms with van der Waals surface area (Å²) in [5.41, 5.74) is 1.83. The Bertz CT molecular complexity index is 320. The van der Waals surface area contributed by atoms with Gasteiger partial charge in [0.15, 0.2) is 0 Å². The molecule has 0 saturated heterocycles. The fraction of sp³-hybridized carbons (Fsp3) is 0.300. The molecule has 0 aromatic rings. The van der Waals surface area contributed by atoms with Crippen molar-refractivity contribution in [2.45, 2.75) is 12.8 Å². The normalized spacial score (nSPS) is 29.5. The molecule has 0 radical (unpaired) electrons. The highest BCUT2D eigenvalue weighted by molar-refractivity contribution is 9.09. The van der Waals surface area contributed by atoms with Gasteiger partial charge in [-0.25, -0.2) is 0 Å². The SMILES string of the molecule is N#CC1=C/C=C(/CBr)CC/C=C\1Cl. The average molecular weight is 259 g/mol. The highest BCUT2D eigenvalue weighted by Gasteiger charge is 2.03. The Morgan fingerprint density at radius 3 is 2.92 bits per heavy atom. The molecule has 0 heterocycles. The number of nitriles is 1. The molecule has 1 aliphatic rings. The van der Waals surface area contributed by atoms with Crippen LogP contribution in [0.2, 0.25) is 0 Å². The van der Waals surface area contributed by atoms with Crippen molar-refractivity contribution in [2.75, 3.05) is 5.33 Å². The summed E-state index contributed by atoms with van der Waals surface area (Å²) in [4.78, 5) is 0. The molecule has 0 bridgehead atoms. The van der Waals surface area contributed by atoms with Gasteiger partial charge in [0.05, 0.1) is 10.6 Å². The highest BCUT2D eigenvalue weighted by atomic mass is 79.9. The van der Waals surface area contributed by atoms with Gasteiger partial charge in [-0.05, 0) is 18.9 Å². The van der Waals surface area contributed by atoms with Gasteiger partial charge in [0.2, 0.25) is 0 Å². The average Bonchev–Trinajstić information content (AvgIpc) is 2.12. The quantitative estimate of drug-likeness (QED) is 0.658. The topological polar surface area (TPSA) is 23.8 Å². The van der Waals surface area contributed by atoms with Crippen LogP contribution < -0.4 is 0 Å². The van der Waals surface area contributed by atoms with Crippen LogP contribution in [0.5, 0.6) is 0 Å². The summed E-state index contributed by atoms with van der Waals surface area (Å²) < 4.78 is 0. The van der Waals surface area contributed by atoms with E-state index in [1.807, 2.05) is 12.2 Å². The van der Waals surface area contributed by atoms with Gasteiger partial charge < -0.3 is 0 Å². The Hall–Kier alpha value is -0.520. The molecule has 68 valence electrons. The number of alkyl halides is 1. The molecule has 0 saturated carbocycles. The van der Waals surface area contributed by atoms with Crippen LogP contribution in [0.15, 0.2) is 34.4 Å². The maximum Gasteiger partial charge on any atom is 0.101 e. The second kappa shape index (κ2) is 5.26. The minimum atomic E-state index is 0.541.